The van der Waals surface area contributed by atoms with Gasteiger partial charge in [0.15, 0.2) is 0 Å². The zero-order chi connectivity index (χ0) is 30.5. The lowest BCUT2D eigenvalue weighted by Crippen LogP contribution is -2.56. The molecule has 0 aliphatic rings. The monoisotopic (exact) mass is 637 g/mol. The lowest BCUT2D eigenvalue weighted by molar-refractivity contribution is -0.140. The van der Waals surface area contributed by atoms with Crippen LogP contribution in [0, 0.1) is 6.92 Å². The van der Waals surface area contributed by atoms with Crippen LogP contribution in [0.3, 0.4) is 0 Å². The molecule has 3 aromatic carbocycles. The van der Waals surface area contributed by atoms with Gasteiger partial charge in [0.05, 0.1) is 27.0 Å². The highest BCUT2D eigenvalue weighted by Gasteiger charge is 2.35. The molecule has 1 atom stereocenters. The predicted molar refractivity (Wildman–Crippen MR) is 167 cm³/mol. The van der Waals surface area contributed by atoms with Crippen LogP contribution in [0.2, 0.25) is 15.1 Å². The van der Waals surface area contributed by atoms with Crippen molar-refractivity contribution in [3.8, 4) is 0 Å². The maximum atomic E-state index is 14.2. The molecule has 220 valence electrons. The average molecular weight is 639 g/mol. The molecule has 0 spiro atoms. The van der Waals surface area contributed by atoms with Crippen molar-refractivity contribution in [3.05, 3.63) is 98.5 Å². The van der Waals surface area contributed by atoms with Crippen molar-refractivity contribution in [1.82, 2.24) is 10.2 Å². The van der Waals surface area contributed by atoms with Crippen LogP contribution >= 0.6 is 34.8 Å². The van der Waals surface area contributed by atoms with Gasteiger partial charge in [-0.05, 0) is 56.5 Å². The van der Waals surface area contributed by atoms with E-state index in [2.05, 4.69) is 5.32 Å². The first kappa shape index (κ1) is 32.7. The quantitative estimate of drug-likeness (QED) is 0.265. The molecule has 0 fully saturated rings. The molecule has 0 aromatic heterocycles. The fraction of sp³-hybridized carbons (Fsp3) is 0.333. The Labute approximate surface area is 257 Å². The standard InChI is InChI=1S/C30H34Cl3N3O4S/c1-20-11-9-10-14-22(20)18-35(27(29(38)34-30(2,3)4)15-21-12-7-6-8-13-21)28(37)19-36(41(5,39)40)26-17-24(32)23(31)16-25(26)33/h6-14,16-17,27H,15,18-19H2,1-5H3,(H,34,38). The van der Waals surface area contributed by atoms with Gasteiger partial charge in [0.25, 0.3) is 0 Å². The van der Waals surface area contributed by atoms with E-state index in [0.717, 1.165) is 27.3 Å². The molecule has 0 saturated carbocycles. The van der Waals surface area contributed by atoms with E-state index in [4.69, 9.17) is 34.8 Å². The first-order chi connectivity index (χ1) is 19.1. The fourth-order valence-electron chi connectivity index (χ4n) is 4.28. The molecule has 3 aromatic rings. The number of amides is 2. The number of anilines is 1. The SMILES string of the molecule is Cc1ccccc1CN(C(=O)CN(c1cc(Cl)c(Cl)cc1Cl)S(C)(=O)=O)C(Cc1ccccc1)C(=O)NC(C)(C)C. The Hall–Kier alpha value is -2.78. The minimum Gasteiger partial charge on any atom is -0.350 e. The highest BCUT2D eigenvalue weighted by Crippen LogP contribution is 2.35. The van der Waals surface area contributed by atoms with Crippen LogP contribution in [0.5, 0.6) is 0 Å². The molecular formula is C30H34Cl3N3O4S. The van der Waals surface area contributed by atoms with Crippen LogP contribution < -0.4 is 9.62 Å². The Bertz CT molecular complexity index is 1510. The van der Waals surface area contributed by atoms with Crippen molar-refractivity contribution in [2.45, 2.75) is 52.2 Å². The summed E-state index contributed by atoms with van der Waals surface area (Å²) < 4.78 is 26.8. The van der Waals surface area contributed by atoms with Gasteiger partial charge in [-0.25, -0.2) is 8.42 Å². The summed E-state index contributed by atoms with van der Waals surface area (Å²) in [5, 5.41) is 3.22. The van der Waals surface area contributed by atoms with Crippen molar-refractivity contribution in [2.75, 3.05) is 17.1 Å². The number of sulfonamides is 1. The zero-order valence-corrected chi connectivity index (χ0v) is 26.7. The van der Waals surface area contributed by atoms with Crippen LogP contribution in [0.1, 0.15) is 37.5 Å². The summed E-state index contributed by atoms with van der Waals surface area (Å²) in [7, 11) is -4.01. The lowest BCUT2D eigenvalue weighted by Gasteiger charge is -2.35. The maximum absolute atomic E-state index is 14.2. The first-order valence-corrected chi connectivity index (χ1v) is 15.9. The number of benzene rings is 3. The predicted octanol–water partition coefficient (Wildman–Crippen LogP) is 6.28. The molecule has 0 aliphatic carbocycles. The van der Waals surface area contributed by atoms with Gasteiger partial charge in [-0.1, -0.05) is 89.4 Å². The molecule has 0 heterocycles. The third-order valence-corrected chi connectivity index (χ3v) is 8.46. The Kier molecular flexibility index (Phi) is 10.7. The second-order valence-electron chi connectivity index (χ2n) is 10.9. The van der Waals surface area contributed by atoms with Gasteiger partial charge < -0.3 is 10.2 Å². The topological polar surface area (TPSA) is 86.8 Å². The summed E-state index contributed by atoms with van der Waals surface area (Å²) in [6.45, 7) is 6.95. The summed E-state index contributed by atoms with van der Waals surface area (Å²) in [5.74, 6) is -0.951. The number of rotatable bonds is 10. The van der Waals surface area contributed by atoms with Gasteiger partial charge in [-0.2, -0.15) is 0 Å². The summed E-state index contributed by atoms with van der Waals surface area (Å²) in [5.41, 5.74) is 2.02. The summed E-state index contributed by atoms with van der Waals surface area (Å²) in [6, 6.07) is 18.6. The number of nitrogens with zero attached hydrogens (tertiary/aromatic N) is 2. The van der Waals surface area contributed by atoms with E-state index in [-0.39, 0.29) is 39.6 Å². The highest BCUT2D eigenvalue weighted by atomic mass is 35.5. The minimum absolute atomic E-state index is 0.00603. The van der Waals surface area contributed by atoms with Crippen molar-refractivity contribution in [1.29, 1.82) is 0 Å². The largest absolute Gasteiger partial charge is 0.350 e. The molecule has 41 heavy (non-hydrogen) atoms. The minimum atomic E-state index is -4.01. The molecule has 1 unspecified atom stereocenters. The second-order valence-corrected chi connectivity index (χ2v) is 14.0. The third-order valence-electron chi connectivity index (χ3n) is 6.31. The van der Waals surface area contributed by atoms with Crippen molar-refractivity contribution in [3.63, 3.8) is 0 Å². The Morgan fingerprint density at radius 2 is 1.49 bits per heavy atom. The summed E-state index contributed by atoms with van der Waals surface area (Å²) in [6.07, 6.45) is 1.19. The van der Waals surface area contributed by atoms with Crippen molar-refractivity contribution in [2.24, 2.45) is 0 Å². The molecule has 3 rings (SSSR count). The maximum Gasteiger partial charge on any atom is 0.244 e. The number of carbonyl (C=O) groups excluding carboxylic acids is 2. The van der Waals surface area contributed by atoms with E-state index in [1.54, 1.807) is 0 Å². The molecule has 1 N–H and O–H groups in total. The van der Waals surface area contributed by atoms with E-state index in [1.807, 2.05) is 82.3 Å². The number of aryl methyl sites for hydroxylation is 1. The second kappa shape index (κ2) is 13.5. The van der Waals surface area contributed by atoms with Crippen LogP contribution in [-0.2, 0) is 32.6 Å². The van der Waals surface area contributed by atoms with Crippen LogP contribution in [0.25, 0.3) is 0 Å². The number of nitrogens with one attached hydrogen (secondary N) is 1. The van der Waals surface area contributed by atoms with E-state index >= 15 is 0 Å². The van der Waals surface area contributed by atoms with Crippen LogP contribution in [0.4, 0.5) is 5.69 Å². The Balaban J connectivity index is 2.13. The summed E-state index contributed by atoms with van der Waals surface area (Å²) in [4.78, 5) is 29.4. The van der Waals surface area contributed by atoms with Crippen LogP contribution in [-0.4, -0.2) is 49.5 Å². The average Bonchev–Trinajstić information content (AvgIpc) is 2.87. The van der Waals surface area contributed by atoms with Gasteiger partial charge in [0.1, 0.15) is 12.6 Å². The third kappa shape index (κ3) is 9.10. The molecular weight excluding hydrogens is 605 g/mol. The van der Waals surface area contributed by atoms with E-state index < -0.39 is 34.1 Å². The number of hydrogen-bond acceptors (Lipinski definition) is 4. The van der Waals surface area contributed by atoms with Gasteiger partial charge in [-0.15, -0.1) is 0 Å². The smallest absolute Gasteiger partial charge is 0.244 e. The molecule has 11 heteroatoms. The van der Waals surface area contributed by atoms with Crippen LogP contribution in [0.15, 0.2) is 66.7 Å². The van der Waals surface area contributed by atoms with Gasteiger partial charge in [0, 0.05) is 18.5 Å². The van der Waals surface area contributed by atoms with Gasteiger partial charge in [0.2, 0.25) is 21.8 Å². The van der Waals surface area contributed by atoms with Crippen molar-refractivity contribution < 1.29 is 18.0 Å². The van der Waals surface area contributed by atoms with Gasteiger partial charge >= 0.3 is 0 Å². The van der Waals surface area contributed by atoms with E-state index in [0.29, 0.717) is 0 Å². The summed E-state index contributed by atoms with van der Waals surface area (Å²) >= 11 is 18.6. The number of carbonyl (C=O) groups is 2. The van der Waals surface area contributed by atoms with Gasteiger partial charge in [-0.3, -0.25) is 13.9 Å². The van der Waals surface area contributed by atoms with E-state index in [9.17, 15) is 18.0 Å². The lowest BCUT2D eigenvalue weighted by atomic mass is 10.00. The normalized spacial score (nSPS) is 12.5. The number of halogens is 3. The van der Waals surface area contributed by atoms with E-state index in [1.165, 1.54) is 17.0 Å². The molecule has 0 aliphatic heterocycles. The molecule has 7 nitrogen and oxygen atoms in total. The Morgan fingerprint density at radius 1 is 0.902 bits per heavy atom. The molecule has 0 bridgehead atoms. The Morgan fingerprint density at radius 3 is 2.07 bits per heavy atom. The number of hydrogen-bond donors (Lipinski definition) is 1. The fourth-order valence-corrected chi connectivity index (χ4v) is 5.82. The molecule has 0 saturated heterocycles. The first-order valence-electron chi connectivity index (χ1n) is 12.9. The molecule has 2 amide bonds. The van der Waals surface area contributed by atoms with Crippen molar-refractivity contribution >= 4 is 62.3 Å². The zero-order valence-electron chi connectivity index (χ0n) is 23.6. The highest BCUT2D eigenvalue weighted by molar-refractivity contribution is 7.92. The molecule has 0 radical (unpaired) electrons.